The molecule has 3 nitrogen and oxygen atoms in total. The van der Waals surface area contributed by atoms with E-state index in [-0.39, 0.29) is 4.90 Å². The first kappa shape index (κ1) is 13.9. The van der Waals surface area contributed by atoms with Gasteiger partial charge in [0.25, 0.3) is 9.05 Å². The molecule has 5 heteroatoms. The molecular weight excluding hydrogens is 284 g/mol. The molecule has 0 bridgehead atoms. The lowest BCUT2D eigenvalue weighted by Gasteiger charge is -2.10. The summed E-state index contributed by atoms with van der Waals surface area (Å²) in [5.41, 5.74) is 0. The smallest absolute Gasteiger partial charge is 0.261 e. The van der Waals surface area contributed by atoms with Gasteiger partial charge >= 0.3 is 0 Å². The molecule has 19 heavy (non-hydrogen) atoms. The Kier molecular flexibility index (Phi) is 4.12. The molecule has 0 saturated carbocycles. The van der Waals surface area contributed by atoms with Gasteiger partial charge in [-0.15, -0.1) is 0 Å². The van der Waals surface area contributed by atoms with Gasteiger partial charge in [-0.25, -0.2) is 8.42 Å². The average Bonchev–Trinajstić information content (AvgIpc) is 2.37. The summed E-state index contributed by atoms with van der Waals surface area (Å²) in [4.78, 5) is 0.100. The van der Waals surface area contributed by atoms with E-state index in [2.05, 4.69) is 0 Å². The van der Waals surface area contributed by atoms with E-state index in [4.69, 9.17) is 15.4 Å². The highest BCUT2D eigenvalue weighted by atomic mass is 35.7. The SMILES string of the molecule is C/C=C/COc1ccc(S(=O)(=O)Cl)c2ccccc12. The largest absolute Gasteiger partial charge is 0.489 e. The number of halogens is 1. The first-order valence-corrected chi connectivity index (χ1v) is 8.05. The second kappa shape index (κ2) is 5.63. The van der Waals surface area contributed by atoms with E-state index < -0.39 is 9.05 Å². The van der Waals surface area contributed by atoms with Crippen LogP contribution in [-0.2, 0) is 9.05 Å². The van der Waals surface area contributed by atoms with Crippen LogP contribution in [0, 0.1) is 0 Å². The fraction of sp³-hybridized carbons (Fsp3) is 0.143. The molecule has 0 fully saturated rings. The van der Waals surface area contributed by atoms with Crippen molar-refractivity contribution in [2.75, 3.05) is 6.61 Å². The van der Waals surface area contributed by atoms with Crippen molar-refractivity contribution in [3.8, 4) is 5.75 Å². The quantitative estimate of drug-likeness (QED) is 0.638. The molecule has 2 aromatic carbocycles. The second-order valence-corrected chi connectivity index (χ2v) is 6.46. The van der Waals surface area contributed by atoms with Gasteiger partial charge in [0.15, 0.2) is 0 Å². The van der Waals surface area contributed by atoms with E-state index in [0.29, 0.717) is 17.7 Å². The summed E-state index contributed by atoms with van der Waals surface area (Å²) in [6.07, 6.45) is 3.76. The van der Waals surface area contributed by atoms with Gasteiger partial charge in [-0.3, -0.25) is 0 Å². The molecular formula is C14H13ClO3S. The summed E-state index contributed by atoms with van der Waals surface area (Å²) in [6, 6.07) is 10.2. The Hall–Kier alpha value is -1.52. The van der Waals surface area contributed by atoms with Crippen molar-refractivity contribution in [1.82, 2.24) is 0 Å². The lowest BCUT2D eigenvalue weighted by atomic mass is 10.1. The molecule has 0 N–H and O–H groups in total. The Labute approximate surface area is 116 Å². The maximum Gasteiger partial charge on any atom is 0.261 e. The van der Waals surface area contributed by atoms with E-state index in [1.807, 2.05) is 31.2 Å². The highest BCUT2D eigenvalue weighted by Gasteiger charge is 2.16. The Balaban J connectivity index is 2.58. The van der Waals surface area contributed by atoms with Crippen molar-refractivity contribution < 1.29 is 13.2 Å². The fourth-order valence-electron chi connectivity index (χ4n) is 1.82. The first-order valence-electron chi connectivity index (χ1n) is 5.74. The Morgan fingerprint density at radius 3 is 2.47 bits per heavy atom. The van der Waals surface area contributed by atoms with Crippen LogP contribution in [0.2, 0.25) is 0 Å². The summed E-state index contributed by atoms with van der Waals surface area (Å²) in [5, 5.41) is 1.30. The van der Waals surface area contributed by atoms with Crippen molar-refractivity contribution >= 4 is 30.5 Å². The van der Waals surface area contributed by atoms with Crippen LogP contribution in [0.4, 0.5) is 0 Å². The van der Waals surface area contributed by atoms with Gasteiger partial charge in [0, 0.05) is 21.5 Å². The Morgan fingerprint density at radius 2 is 1.84 bits per heavy atom. The lowest BCUT2D eigenvalue weighted by molar-refractivity contribution is 0.367. The minimum absolute atomic E-state index is 0.100. The predicted molar refractivity (Wildman–Crippen MR) is 77.3 cm³/mol. The molecule has 0 aliphatic heterocycles. The molecule has 2 rings (SSSR count). The minimum atomic E-state index is -3.77. The zero-order valence-electron chi connectivity index (χ0n) is 10.3. The van der Waals surface area contributed by atoms with Crippen molar-refractivity contribution in [2.24, 2.45) is 0 Å². The van der Waals surface area contributed by atoms with Crippen LogP contribution in [-0.4, -0.2) is 15.0 Å². The van der Waals surface area contributed by atoms with E-state index in [1.165, 1.54) is 6.07 Å². The standard InChI is InChI=1S/C14H13ClO3S/c1-2-3-10-18-13-8-9-14(19(15,16)17)12-7-5-4-6-11(12)13/h2-9H,10H2,1H3/b3-2+. The molecule has 0 unspecified atom stereocenters. The summed E-state index contributed by atoms with van der Waals surface area (Å²) in [5.74, 6) is 0.637. The number of benzene rings is 2. The third kappa shape index (κ3) is 3.08. The van der Waals surface area contributed by atoms with Crippen molar-refractivity contribution in [3.05, 3.63) is 48.6 Å². The van der Waals surface area contributed by atoms with E-state index in [1.54, 1.807) is 18.2 Å². The molecule has 0 atom stereocenters. The van der Waals surface area contributed by atoms with Gasteiger partial charge < -0.3 is 4.74 Å². The van der Waals surface area contributed by atoms with Crippen LogP contribution in [0.5, 0.6) is 5.75 Å². The number of ether oxygens (including phenoxy) is 1. The summed E-state index contributed by atoms with van der Waals surface area (Å²) < 4.78 is 28.7. The van der Waals surface area contributed by atoms with E-state index in [9.17, 15) is 8.42 Å². The van der Waals surface area contributed by atoms with Gasteiger partial charge in [-0.2, -0.15) is 0 Å². The summed E-state index contributed by atoms with van der Waals surface area (Å²) in [6.45, 7) is 2.35. The normalized spacial score (nSPS) is 12.1. The lowest BCUT2D eigenvalue weighted by Crippen LogP contribution is -1.97. The van der Waals surface area contributed by atoms with E-state index >= 15 is 0 Å². The minimum Gasteiger partial charge on any atom is -0.489 e. The van der Waals surface area contributed by atoms with Crippen molar-refractivity contribution in [2.45, 2.75) is 11.8 Å². The van der Waals surface area contributed by atoms with Gasteiger partial charge in [0.05, 0.1) is 4.90 Å². The molecule has 0 aliphatic carbocycles. The van der Waals surface area contributed by atoms with Gasteiger partial charge in [-0.1, -0.05) is 36.4 Å². The molecule has 2 aromatic rings. The number of rotatable bonds is 4. The van der Waals surface area contributed by atoms with Crippen LogP contribution in [0.3, 0.4) is 0 Å². The van der Waals surface area contributed by atoms with Crippen LogP contribution < -0.4 is 4.74 Å². The maximum atomic E-state index is 11.5. The molecule has 0 aliphatic rings. The van der Waals surface area contributed by atoms with Crippen molar-refractivity contribution in [3.63, 3.8) is 0 Å². The molecule has 100 valence electrons. The zero-order chi connectivity index (χ0) is 13.9. The molecule has 0 aromatic heterocycles. The summed E-state index contributed by atoms with van der Waals surface area (Å²) >= 11 is 0. The molecule has 0 saturated heterocycles. The van der Waals surface area contributed by atoms with Crippen LogP contribution in [0.25, 0.3) is 10.8 Å². The number of hydrogen-bond acceptors (Lipinski definition) is 3. The molecule has 0 heterocycles. The van der Waals surface area contributed by atoms with Crippen LogP contribution in [0.1, 0.15) is 6.92 Å². The van der Waals surface area contributed by atoms with Gasteiger partial charge in [-0.05, 0) is 19.1 Å². The third-order valence-corrected chi connectivity index (χ3v) is 4.06. The van der Waals surface area contributed by atoms with Crippen molar-refractivity contribution in [1.29, 1.82) is 0 Å². The fourth-order valence-corrected chi connectivity index (χ4v) is 2.89. The monoisotopic (exact) mass is 296 g/mol. The topological polar surface area (TPSA) is 43.4 Å². The summed E-state index contributed by atoms with van der Waals surface area (Å²) in [7, 11) is 1.67. The highest BCUT2D eigenvalue weighted by molar-refractivity contribution is 8.14. The number of hydrogen-bond donors (Lipinski definition) is 0. The molecule has 0 spiro atoms. The average molecular weight is 297 g/mol. The molecule has 0 radical (unpaired) electrons. The number of allylic oxidation sites excluding steroid dienone is 1. The van der Waals surface area contributed by atoms with Gasteiger partial charge in [0.2, 0.25) is 0 Å². The van der Waals surface area contributed by atoms with Crippen LogP contribution in [0.15, 0.2) is 53.4 Å². The highest BCUT2D eigenvalue weighted by Crippen LogP contribution is 2.32. The Bertz CT molecular complexity index is 721. The first-order chi connectivity index (χ1) is 9.04. The Morgan fingerprint density at radius 1 is 1.16 bits per heavy atom. The van der Waals surface area contributed by atoms with Gasteiger partial charge in [0.1, 0.15) is 12.4 Å². The third-order valence-electron chi connectivity index (χ3n) is 2.68. The van der Waals surface area contributed by atoms with E-state index in [0.717, 1.165) is 5.39 Å². The zero-order valence-corrected chi connectivity index (χ0v) is 11.9. The number of fused-ring (bicyclic) bond motifs is 1. The maximum absolute atomic E-state index is 11.5. The van der Waals surface area contributed by atoms with Crippen LogP contribution >= 0.6 is 10.7 Å². The second-order valence-electron chi connectivity index (χ2n) is 3.93. The predicted octanol–water partition coefficient (Wildman–Crippen LogP) is 3.72. The molecule has 0 amide bonds.